The number of sulfone groups is 1. The van der Waals surface area contributed by atoms with Gasteiger partial charge in [-0.25, -0.2) is 8.42 Å². The van der Waals surface area contributed by atoms with Gasteiger partial charge in [-0.05, 0) is 19.8 Å². The van der Waals surface area contributed by atoms with E-state index in [2.05, 4.69) is 0 Å². The summed E-state index contributed by atoms with van der Waals surface area (Å²) in [5.41, 5.74) is 5.48. The molecule has 0 aliphatic heterocycles. The third kappa shape index (κ3) is 5.28. The minimum atomic E-state index is -3.10. The molecule has 7 heteroatoms. The summed E-state index contributed by atoms with van der Waals surface area (Å²) < 4.78 is 24.0. The Bertz CT molecular complexity index is 380. The zero-order chi connectivity index (χ0) is 13.8. The van der Waals surface area contributed by atoms with Crippen molar-refractivity contribution in [2.75, 3.05) is 19.3 Å². The van der Waals surface area contributed by atoms with Crippen LogP contribution >= 0.6 is 12.4 Å². The van der Waals surface area contributed by atoms with Crippen LogP contribution in [0.15, 0.2) is 0 Å². The molecule has 0 bridgehead atoms. The molecule has 0 aromatic heterocycles. The van der Waals surface area contributed by atoms with E-state index in [9.17, 15) is 13.2 Å². The van der Waals surface area contributed by atoms with Crippen LogP contribution in [0.2, 0.25) is 0 Å². The van der Waals surface area contributed by atoms with Gasteiger partial charge in [0.1, 0.15) is 0 Å². The molecule has 1 saturated carbocycles. The first kappa shape index (κ1) is 18.7. The highest BCUT2D eigenvalue weighted by Gasteiger charge is 2.29. The lowest BCUT2D eigenvalue weighted by atomic mass is 10.3. The summed E-state index contributed by atoms with van der Waals surface area (Å²) in [4.78, 5) is 13.3. The Morgan fingerprint density at radius 1 is 1.37 bits per heavy atom. The Labute approximate surface area is 122 Å². The third-order valence-electron chi connectivity index (χ3n) is 3.81. The molecule has 1 atom stereocenters. The summed E-state index contributed by atoms with van der Waals surface area (Å²) in [6.07, 6.45) is 3.56. The van der Waals surface area contributed by atoms with E-state index in [0.717, 1.165) is 25.7 Å². The van der Waals surface area contributed by atoms with E-state index in [1.807, 2.05) is 6.92 Å². The average Bonchev–Trinajstić information content (AvgIpc) is 2.88. The lowest BCUT2D eigenvalue weighted by Crippen LogP contribution is -2.40. The molecule has 1 rings (SSSR count). The van der Waals surface area contributed by atoms with Gasteiger partial charge in [-0.2, -0.15) is 0 Å². The quantitative estimate of drug-likeness (QED) is 0.792. The standard InChI is InChI=1S/C12H24N2O3S.ClH/c1-10(9-13)14(2)12(15)7-8-18(16,17)11-5-3-4-6-11;/h10-11H,3-9,13H2,1-2H3;1H. The van der Waals surface area contributed by atoms with E-state index in [0.29, 0.717) is 6.54 Å². The van der Waals surface area contributed by atoms with Gasteiger partial charge in [-0.3, -0.25) is 4.79 Å². The molecule has 1 amide bonds. The number of nitrogens with two attached hydrogens (primary N) is 1. The highest BCUT2D eigenvalue weighted by molar-refractivity contribution is 7.92. The molecule has 1 fully saturated rings. The summed E-state index contributed by atoms with van der Waals surface area (Å²) in [6, 6.07) is -0.0494. The van der Waals surface area contributed by atoms with Crippen LogP contribution in [-0.2, 0) is 14.6 Å². The summed E-state index contributed by atoms with van der Waals surface area (Å²) >= 11 is 0. The van der Waals surface area contributed by atoms with E-state index < -0.39 is 9.84 Å². The SMILES string of the molecule is CC(CN)N(C)C(=O)CCS(=O)(=O)C1CCCC1.Cl. The lowest BCUT2D eigenvalue weighted by molar-refractivity contribution is -0.131. The number of amides is 1. The molecular formula is C12H25ClN2O3S. The predicted octanol–water partition coefficient (Wildman–Crippen LogP) is 0.961. The first-order valence-electron chi connectivity index (χ1n) is 6.55. The van der Waals surface area contributed by atoms with Crippen molar-refractivity contribution in [1.82, 2.24) is 4.90 Å². The summed E-state index contributed by atoms with van der Waals surface area (Å²) in [7, 11) is -1.43. The third-order valence-corrected chi connectivity index (χ3v) is 6.07. The molecule has 1 unspecified atom stereocenters. The van der Waals surface area contributed by atoms with Crippen LogP contribution in [0, 0.1) is 0 Å². The first-order valence-corrected chi connectivity index (χ1v) is 8.27. The summed E-state index contributed by atoms with van der Waals surface area (Å²) in [6.45, 7) is 2.24. The van der Waals surface area contributed by atoms with Gasteiger partial charge in [0.05, 0.1) is 11.0 Å². The molecule has 0 radical (unpaired) electrons. The number of hydrogen-bond acceptors (Lipinski definition) is 4. The van der Waals surface area contributed by atoms with Gasteiger partial charge >= 0.3 is 0 Å². The molecule has 0 heterocycles. The largest absolute Gasteiger partial charge is 0.342 e. The van der Waals surface area contributed by atoms with Crippen LogP contribution < -0.4 is 5.73 Å². The number of hydrogen-bond donors (Lipinski definition) is 1. The Morgan fingerprint density at radius 2 is 1.89 bits per heavy atom. The van der Waals surface area contributed by atoms with Crippen LogP contribution in [0.3, 0.4) is 0 Å². The zero-order valence-corrected chi connectivity index (χ0v) is 13.3. The maximum atomic E-state index is 12.0. The Kier molecular flexibility index (Phi) is 7.93. The van der Waals surface area contributed by atoms with Gasteiger partial charge < -0.3 is 10.6 Å². The minimum absolute atomic E-state index is 0. The van der Waals surface area contributed by atoms with Crippen molar-refractivity contribution in [1.29, 1.82) is 0 Å². The van der Waals surface area contributed by atoms with Gasteiger partial charge in [-0.15, -0.1) is 12.4 Å². The normalized spacial score (nSPS) is 17.8. The molecule has 5 nitrogen and oxygen atoms in total. The van der Waals surface area contributed by atoms with Gasteiger partial charge in [0.25, 0.3) is 0 Å². The van der Waals surface area contributed by atoms with Gasteiger partial charge in [0.2, 0.25) is 5.91 Å². The van der Waals surface area contributed by atoms with Crippen molar-refractivity contribution < 1.29 is 13.2 Å². The second-order valence-corrected chi connectivity index (χ2v) is 7.51. The number of likely N-dealkylation sites (N-methyl/N-ethyl adjacent to an activating group) is 1. The summed E-state index contributed by atoms with van der Waals surface area (Å²) in [5, 5.41) is -0.220. The van der Waals surface area contributed by atoms with Crippen LogP contribution in [0.5, 0.6) is 0 Å². The monoisotopic (exact) mass is 312 g/mol. The molecule has 0 saturated heterocycles. The smallest absolute Gasteiger partial charge is 0.223 e. The number of carbonyl (C=O) groups excluding carboxylic acids is 1. The van der Waals surface area contributed by atoms with Crippen LogP contribution in [0.25, 0.3) is 0 Å². The van der Waals surface area contributed by atoms with Gasteiger partial charge in [0.15, 0.2) is 9.84 Å². The van der Waals surface area contributed by atoms with E-state index >= 15 is 0 Å². The van der Waals surface area contributed by atoms with Crippen LogP contribution in [0.1, 0.15) is 39.0 Å². The van der Waals surface area contributed by atoms with E-state index in [1.54, 1.807) is 7.05 Å². The molecule has 2 N–H and O–H groups in total. The van der Waals surface area contributed by atoms with Crippen LogP contribution in [0.4, 0.5) is 0 Å². The highest BCUT2D eigenvalue weighted by Crippen LogP contribution is 2.25. The van der Waals surface area contributed by atoms with E-state index in [-0.39, 0.29) is 41.8 Å². The molecule has 114 valence electrons. The first-order chi connectivity index (χ1) is 8.38. The second-order valence-electron chi connectivity index (χ2n) is 5.11. The van der Waals surface area contributed by atoms with Crippen LogP contribution in [-0.4, -0.2) is 49.9 Å². The average molecular weight is 313 g/mol. The van der Waals surface area contributed by atoms with Crippen molar-refractivity contribution in [2.24, 2.45) is 5.73 Å². The van der Waals surface area contributed by atoms with Gasteiger partial charge in [0, 0.05) is 26.1 Å². The fraction of sp³-hybridized carbons (Fsp3) is 0.917. The molecule has 1 aliphatic carbocycles. The summed E-state index contributed by atoms with van der Waals surface area (Å²) in [5.74, 6) is -0.174. The van der Waals surface area contributed by atoms with E-state index in [1.165, 1.54) is 4.90 Å². The minimum Gasteiger partial charge on any atom is -0.342 e. The predicted molar refractivity (Wildman–Crippen MR) is 79.2 cm³/mol. The molecular weight excluding hydrogens is 288 g/mol. The van der Waals surface area contributed by atoms with Crippen molar-refractivity contribution in [3.63, 3.8) is 0 Å². The molecule has 0 aromatic carbocycles. The molecule has 19 heavy (non-hydrogen) atoms. The number of halogens is 1. The Morgan fingerprint density at radius 3 is 2.37 bits per heavy atom. The second kappa shape index (κ2) is 8.07. The van der Waals surface area contributed by atoms with Crippen molar-refractivity contribution in [3.05, 3.63) is 0 Å². The maximum Gasteiger partial charge on any atom is 0.223 e. The Hall–Kier alpha value is -0.330. The van der Waals surface area contributed by atoms with Gasteiger partial charge in [-0.1, -0.05) is 12.8 Å². The molecule has 1 aliphatic rings. The zero-order valence-electron chi connectivity index (χ0n) is 11.7. The molecule has 0 spiro atoms. The fourth-order valence-corrected chi connectivity index (χ4v) is 4.07. The number of carbonyl (C=O) groups is 1. The highest BCUT2D eigenvalue weighted by atomic mass is 35.5. The fourth-order valence-electron chi connectivity index (χ4n) is 2.22. The maximum absolute atomic E-state index is 12.0. The van der Waals surface area contributed by atoms with Crippen molar-refractivity contribution in [3.8, 4) is 0 Å². The lowest BCUT2D eigenvalue weighted by Gasteiger charge is -2.23. The van der Waals surface area contributed by atoms with Crippen molar-refractivity contribution >= 4 is 28.2 Å². The number of rotatable bonds is 6. The molecule has 0 aromatic rings. The van der Waals surface area contributed by atoms with Crippen molar-refractivity contribution in [2.45, 2.75) is 50.3 Å². The number of nitrogens with zero attached hydrogens (tertiary/aromatic N) is 1. The van der Waals surface area contributed by atoms with E-state index in [4.69, 9.17) is 5.73 Å². The topological polar surface area (TPSA) is 80.5 Å². The Balaban J connectivity index is 0.00000324.